The van der Waals surface area contributed by atoms with Crippen molar-refractivity contribution >= 4 is 5.84 Å². The van der Waals surface area contributed by atoms with Gasteiger partial charge in [0.1, 0.15) is 11.5 Å². The zero-order valence-electron chi connectivity index (χ0n) is 11.3. The Hall–Kier alpha value is -1.57. The SMILES string of the molecule is CO[C@H](CO)CCc1ccc2n1N(C)C(N)N=C2N. The minimum atomic E-state index is -0.477. The largest absolute Gasteiger partial charge is 0.394 e. The van der Waals surface area contributed by atoms with Crippen LogP contribution in [0, 0.1) is 0 Å². The lowest BCUT2D eigenvalue weighted by Crippen LogP contribution is -2.51. The minimum Gasteiger partial charge on any atom is -0.394 e. The summed E-state index contributed by atoms with van der Waals surface area (Å²) < 4.78 is 7.13. The molecule has 0 aliphatic carbocycles. The highest BCUT2D eigenvalue weighted by atomic mass is 16.5. The monoisotopic (exact) mass is 267 g/mol. The minimum absolute atomic E-state index is 0.0169. The third kappa shape index (κ3) is 2.58. The van der Waals surface area contributed by atoms with Crippen LogP contribution in [0.3, 0.4) is 0 Å². The number of aliphatic hydroxyl groups excluding tert-OH is 1. The van der Waals surface area contributed by atoms with Crippen molar-refractivity contribution in [3.05, 3.63) is 23.5 Å². The van der Waals surface area contributed by atoms with E-state index < -0.39 is 6.29 Å². The predicted octanol–water partition coefficient (Wildman–Crippen LogP) is -1.04. The van der Waals surface area contributed by atoms with E-state index in [4.69, 9.17) is 21.3 Å². The summed E-state index contributed by atoms with van der Waals surface area (Å²) in [5.74, 6) is 0.447. The van der Waals surface area contributed by atoms with Crippen molar-refractivity contribution in [2.75, 3.05) is 25.8 Å². The molecule has 1 aliphatic heterocycles. The Kier molecular flexibility index (Phi) is 4.08. The topological polar surface area (TPSA) is 102 Å². The van der Waals surface area contributed by atoms with Gasteiger partial charge in [0.25, 0.3) is 0 Å². The fourth-order valence-corrected chi connectivity index (χ4v) is 2.23. The molecule has 19 heavy (non-hydrogen) atoms. The van der Waals surface area contributed by atoms with E-state index in [1.54, 1.807) is 7.11 Å². The van der Waals surface area contributed by atoms with Crippen molar-refractivity contribution in [3.8, 4) is 0 Å². The van der Waals surface area contributed by atoms with Crippen LogP contribution in [-0.2, 0) is 11.2 Å². The van der Waals surface area contributed by atoms with Crippen LogP contribution in [0.4, 0.5) is 0 Å². The molecular weight excluding hydrogens is 246 g/mol. The summed E-state index contributed by atoms with van der Waals surface area (Å²) in [6, 6.07) is 3.92. The van der Waals surface area contributed by atoms with Crippen LogP contribution < -0.4 is 16.5 Å². The second-order valence-corrected chi connectivity index (χ2v) is 4.60. The maximum Gasteiger partial charge on any atom is 0.189 e. The number of aromatic nitrogens is 1. The molecular formula is C12H21N5O2. The number of aliphatic hydroxyl groups is 1. The lowest BCUT2D eigenvalue weighted by Gasteiger charge is -2.32. The molecule has 0 radical (unpaired) electrons. The summed E-state index contributed by atoms with van der Waals surface area (Å²) in [5.41, 5.74) is 13.7. The Morgan fingerprint density at radius 1 is 1.53 bits per heavy atom. The molecule has 5 N–H and O–H groups in total. The number of aliphatic imine (C=N–C) groups is 1. The van der Waals surface area contributed by atoms with Crippen LogP contribution in [0.15, 0.2) is 17.1 Å². The Bertz CT molecular complexity index is 467. The van der Waals surface area contributed by atoms with E-state index in [2.05, 4.69) is 4.99 Å². The van der Waals surface area contributed by atoms with Crippen LogP contribution in [0.25, 0.3) is 0 Å². The average molecular weight is 267 g/mol. The third-order valence-electron chi connectivity index (χ3n) is 3.43. The van der Waals surface area contributed by atoms with E-state index in [-0.39, 0.29) is 12.7 Å². The Labute approximate surface area is 112 Å². The lowest BCUT2D eigenvalue weighted by molar-refractivity contribution is 0.0432. The molecule has 106 valence electrons. The summed E-state index contributed by atoms with van der Waals surface area (Å²) in [5, 5.41) is 11.0. The number of aryl methyl sites for hydroxylation is 1. The second kappa shape index (κ2) is 5.60. The van der Waals surface area contributed by atoms with E-state index in [1.807, 2.05) is 28.9 Å². The van der Waals surface area contributed by atoms with E-state index in [0.29, 0.717) is 5.84 Å². The van der Waals surface area contributed by atoms with Crippen molar-refractivity contribution in [3.63, 3.8) is 0 Å². The molecule has 2 atom stereocenters. The van der Waals surface area contributed by atoms with E-state index in [9.17, 15) is 0 Å². The normalized spacial score (nSPS) is 20.1. The first-order valence-electron chi connectivity index (χ1n) is 6.25. The molecule has 1 unspecified atom stereocenters. The van der Waals surface area contributed by atoms with Crippen molar-refractivity contribution in [2.24, 2.45) is 16.5 Å². The molecule has 7 nitrogen and oxygen atoms in total. The molecule has 0 saturated carbocycles. The second-order valence-electron chi connectivity index (χ2n) is 4.60. The number of fused-ring (bicyclic) bond motifs is 1. The molecule has 0 spiro atoms. The quantitative estimate of drug-likeness (QED) is 0.632. The summed E-state index contributed by atoms with van der Waals surface area (Å²) >= 11 is 0. The van der Waals surface area contributed by atoms with Crippen molar-refractivity contribution in [1.82, 2.24) is 4.68 Å². The highest BCUT2D eigenvalue weighted by Crippen LogP contribution is 2.17. The zero-order valence-corrected chi connectivity index (χ0v) is 11.3. The molecule has 7 heteroatoms. The Morgan fingerprint density at radius 2 is 2.26 bits per heavy atom. The summed E-state index contributed by atoms with van der Waals surface area (Å²) in [7, 11) is 3.47. The fraction of sp³-hybridized carbons (Fsp3) is 0.583. The maximum atomic E-state index is 9.13. The molecule has 1 aromatic rings. The van der Waals surface area contributed by atoms with Gasteiger partial charge in [0, 0.05) is 19.9 Å². The van der Waals surface area contributed by atoms with Crippen LogP contribution in [0.5, 0.6) is 0 Å². The first-order valence-corrected chi connectivity index (χ1v) is 6.25. The van der Waals surface area contributed by atoms with Gasteiger partial charge >= 0.3 is 0 Å². The van der Waals surface area contributed by atoms with E-state index in [1.165, 1.54) is 0 Å². The van der Waals surface area contributed by atoms with Crippen LogP contribution in [0.2, 0.25) is 0 Å². The van der Waals surface area contributed by atoms with E-state index >= 15 is 0 Å². The van der Waals surface area contributed by atoms with Crippen molar-refractivity contribution < 1.29 is 9.84 Å². The molecule has 2 heterocycles. The number of methoxy groups -OCH3 is 1. The maximum absolute atomic E-state index is 9.13. The van der Waals surface area contributed by atoms with E-state index in [0.717, 1.165) is 24.2 Å². The third-order valence-corrected chi connectivity index (χ3v) is 3.43. The van der Waals surface area contributed by atoms with Gasteiger partial charge in [-0.25, -0.2) is 4.99 Å². The van der Waals surface area contributed by atoms with Crippen molar-refractivity contribution in [1.29, 1.82) is 0 Å². The van der Waals surface area contributed by atoms with Gasteiger partial charge < -0.3 is 15.6 Å². The fourth-order valence-electron chi connectivity index (χ4n) is 2.23. The lowest BCUT2D eigenvalue weighted by atomic mass is 10.1. The number of rotatable bonds is 5. The van der Waals surface area contributed by atoms with Gasteiger partial charge in [0.05, 0.1) is 12.7 Å². The molecule has 0 aromatic carbocycles. The van der Waals surface area contributed by atoms with Crippen molar-refractivity contribution in [2.45, 2.75) is 25.2 Å². The number of ether oxygens (including phenoxy) is 1. The van der Waals surface area contributed by atoms with Gasteiger partial charge in [-0.2, -0.15) is 0 Å². The highest BCUT2D eigenvalue weighted by Gasteiger charge is 2.23. The first-order chi connectivity index (χ1) is 9.08. The Balaban J connectivity index is 2.19. The summed E-state index contributed by atoms with van der Waals surface area (Å²) in [6.07, 6.45) is 0.870. The summed E-state index contributed by atoms with van der Waals surface area (Å²) in [4.78, 5) is 4.16. The molecule has 1 aliphatic rings. The molecule has 0 bridgehead atoms. The van der Waals surface area contributed by atoms with Crippen LogP contribution in [0.1, 0.15) is 17.8 Å². The number of hydrogen-bond acceptors (Lipinski definition) is 6. The Morgan fingerprint density at radius 3 is 2.89 bits per heavy atom. The van der Waals surface area contributed by atoms with Gasteiger partial charge in [-0.05, 0) is 25.0 Å². The smallest absolute Gasteiger partial charge is 0.189 e. The molecule has 0 amide bonds. The molecule has 0 fully saturated rings. The number of hydrogen-bond donors (Lipinski definition) is 3. The number of nitrogens with two attached hydrogens (primary N) is 2. The van der Waals surface area contributed by atoms with Gasteiger partial charge in [-0.15, -0.1) is 0 Å². The zero-order chi connectivity index (χ0) is 14.0. The number of amidine groups is 1. The predicted molar refractivity (Wildman–Crippen MR) is 73.5 cm³/mol. The highest BCUT2D eigenvalue weighted by molar-refractivity contribution is 5.97. The van der Waals surface area contributed by atoms with Gasteiger partial charge in [0.2, 0.25) is 0 Å². The summed E-state index contributed by atoms with van der Waals surface area (Å²) in [6.45, 7) is 0.0169. The van der Waals surface area contributed by atoms with Crippen LogP contribution in [-0.4, -0.2) is 48.8 Å². The van der Waals surface area contributed by atoms with Gasteiger partial charge in [-0.3, -0.25) is 15.4 Å². The van der Waals surface area contributed by atoms with Gasteiger partial charge in [-0.1, -0.05) is 0 Å². The number of nitrogens with zero attached hydrogens (tertiary/aromatic N) is 3. The molecule has 2 rings (SSSR count). The first kappa shape index (κ1) is 13.9. The molecule has 0 saturated heterocycles. The molecule has 1 aromatic heterocycles. The standard InChI is InChI=1S/C12H21N5O2/c1-16-12(14)15-11(13)10-6-4-8(17(10)16)3-5-9(7-18)19-2/h4,6,9,12,18H,3,5,7,14H2,1-2H3,(H2,13,15)/t9-,12?/m0/s1. The average Bonchev–Trinajstić information content (AvgIpc) is 2.82. The van der Waals surface area contributed by atoms with Gasteiger partial charge in [0.15, 0.2) is 6.29 Å². The van der Waals surface area contributed by atoms with Crippen LogP contribution >= 0.6 is 0 Å².